The number of rotatable bonds is 3. The van der Waals surface area contributed by atoms with Crippen LogP contribution in [0.3, 0.4) is 0 Å². The van der Waals surface area contributed by atoms with Gasteiger partial charge in [0.05, 0.1) is 19.5 Å². The fourth-order valence-electron chi connectivity index (χ4n) is 1.91. The maximum absolute atomic E-state index is 12.2. The van der Waals surface area contributed by atoms with Gasteiger partial charge < -0.3 is 4.74 Å². The number of nitrogens with zero attached hydrogens (tertiary/aromatic N) is 3. The van der Waals surface area contributed by atoms with Gasteiger partial charge in [0, 0.05) is 6.92 Å². The van der Waals surface area contributed by atoms with Crippen LogP contribution in [0.4, 0.5) is 0 Å². The van der Waals surface area contributed by atoms with Crippen LogP contribution in [-0.2, 0) is 26.7 Å². The van der Waals surface area contributed by atoms with Crippen LogP contribution in [0, 0.1) is 0 Å². The van der Waals surface area contributed by atoms with Crippen molar-refractivity contribution in [2.75, 3.05) is 7.11 Å². The average Bonchev–Trinajstić information content (AvgIpc) is 2.68. The first-order valence-corrected chi connectivity index (χ1v) is 6.76. The second kappa shape index (κ2) is 5.53. The van der Waals surface area contributed by atoms with E-state index in [9.17, 15) is 19.2 Å². The van der Waals surface area contributed by atoms with Gasteiger partial charge >= 0.3 is 17.3 Å². The maximum atomic E-state index is 12.2. The summed E-state index contributed by atoms with van der Waals surface area (Å²) in [7, 11) is 1.21. The number of aromatic nitrogens is 3. The largest absolute Gasteiger partial charge is 0.467 e. The highest BCUT2D eigenvalue weighted by atomic mass is 32.2. The quantitative estimate of drug-likeness (QED) is 0.543. The second-order valence-corrected chi connectivity index (χ2v) is 5.20. The Hall–Kier alpha value is -2.03. The first-order chi connectivity index (χ1) is 9.47. The molecule has 0 N–H and O–H groups in total. The molecule has 1 atom stereocenters. The van der Waals surface area contributed by atoms with E-state index in [0.29, 0.717) is 0 Å². The zero-order valence-corrected chi connectivity index (χ0v) is 11.8. The van der Waals surface area contributed by atoms with Crippen LogP contribution in [0.1, 0.15) is 13.0 Å². The molecule has 2 heterocycles. The lowest BCUT2D eigenvalue weighted by Crippen LogP contribution is -2.36. The number of hydrogen-bond donors (Lipinski definition) is 0. The molecule has 0 saturated carbocycles. The molecule has 1 aliphatic rings. The van der Waals surface area contributed by atoms with Crippen molar-refractivity contribution >= 4 is 22.8 Å². The summed E-state index contributed by atoms with van der Waals surface area (Å²) in [5, 5.41) is -0.201. The molecule has 0 aromatic carbocycles. The van der Waals surface area contributed by atoms with Crippen LogP contribution in [-0.4, -0.2) is 32.1 Å². The fourth-order valence-corrected chi connectivity index (χ4v) is 2.44. The lowest BCUT2D eigenvalue weighted by Gasteiger charge is -2.18. The SMILES string of the molecule is COC(=O)C1C=CCn2c(=O)n(CSC(C)=O)c(=O)n21. The van der Waals surface area contributed by atoms with Crippen molar-refractivity contribution < 1.29 is 14.3 Å². The van der Waals surface area contributed by atoms with E-state index in [1.165, 1.54) is 20.1 Å². The zero-order chi connectivity index (χ0) is 14.9. The number of thioether (sulfide) groups is 1. The number of fused-ring (bicyclic) bond motifs is 1. The van der Waals surface area contributed by atoms with Crippen LogP contribution in [0.15, 0.2) is 21.7 Å². The highest BCUT2D eigenvalue weighted by Gasteiger charge is 2.28. The summed E-state index contributed by atoms with van der Waals surface area (Å²) in [5.41, 5.74) is -1.19. The highest BCUT2D eigenvalue weighted by Crippen LogP contribution is 2.12. The molecule has 0 fully saturated rings. The van der Waals surface area contributed by atoms with Crippen LogP contribution in [0.2, 0.25) is 0 Å². The first kappa shape index (κ1) is 14.4. The van der Waals surface area contributed by atoms with E-state index in [1.807, 2.05) is 0 Å². The summed E-state index contributed by atoms with van der Waals surface area (Å²) in [6.07, 6.45) is 3.13. The van der Waals surface area contributed by atoms with Crippen molar-refractivity contribution in [2.45, 2.75) is 25.4 Å². The van der Waals surface area contributed by atoms with Gasteiger partial charge in [-0.25, -0.2) is 28.3 Å². The number of allylic oxidation sites excluding steroid dienone is 1. The van der Waals surface area contributed by atoms with Gasteiger partial charge in [0.2, 0.25) is 0 Å². The summed E-state index contributed by atoms with van der Waals surface area (Å²) in [5.74, 6) is -0.707. The van der Waals surface area contributed by atoms with Gasteiger partial charge in [-0.1, -0.05) is 23.9 Å². The molecule has 0 saturated heterocycles. The third-order valence-corrected chi connectivity index (χ3v) is 3.63. The van der Waals surface area contributed by atoms with E-state index in [0.717, 1.165) is 25.7 Å². The molecule has 1 aromatic rings. The lowest BCUT2D eigenvalue weighted by atomic mass is 10.2. The number of methoxy groups -OCH3 is 1. The molecule has 0 radical (unpaired) electrons. The number of carbonyl (C=O) groups is 2. The van der Waals surface area contributed by atoms with Gasteiger partial charge in [-0.2, -0.15) is 0 Å². The van der Waals surface area contributed by atoms with E-state index in [1.54, 1.807) is 6.08 Å². The fraction of sp³-hybridized carbons (Fsp3) is 0.455. The molecule has 2 rings (SSSR count). The highest BCUT2D eigenvalue weighted by molar-refractivity contribution is 8.12. The van der Waals surface area contributed by atoms with Gasteiger partial charge in [-0.05, 0) is 0 Å². The molecule has 8 nitrogen and oxygen atoms in total. The van der Waals surface area contributed by atoms with Crippen LogP contribution in [0.5, 0.6) is 0 Å². The molecule has 0 amide bonds. The molecule has 0 aliphatic carbocycles. The Bertz CT molecular complexity index is 696. The summed E-state index contributed by atoms with van der Waals surface area (Å²) in [6.45, 7) is 1.54. The van der Waals surface area contributed by atoms with Crippen molar-refractivity contribution in [1.82, 2.24) is 13.9 Å². The molecule has 1 unspecified atom stereocenters. The predicted octanol–water partition coefficient (Wildman–Crippen LogP) is -0.667. The Labute approximate surface area is 117 Å². The molecular formula is C11H13N3O5S. The monoisotopic (exact) mass is 299 g/mol. The number of carbonyl (C=O) groups excluding carboxylic acids is 2. The van der Waals surface area contributed by atoms with Crippen molar-refractivity contribution in [1.29, 1.82) is 0 Å². The lowest BCUT2D eigenvalue weighted by molar-refractivity contribution is -0.143. The van der Waals surface area contributed by atoms with E-state index < -0.39 is 23.4 Å². The van der Waals surface area contributed by atoms with Crippen molar-refractivity contribution in [3.8, 4) is 0 Å². The summed E-state index contributed by atoms with van der Waals surface area (Å²) >= 11 is 0.852. The van der Waals surface area contributed by atoms with Gasteiger partial charge in [0.1, 0.15) is 0 Å². The molecule has 108 valence electrons. The number of ether oxygens (including phenoxy) is 1. The van der Waals surface area contributed by atoms with Crippen molar-refractivity contribution in [3.05, 3.63) is 33.1 Å². The van der Waals surface area contributed by atoms with Crippen molar-refractivity contribution in [2.24, 2.45) is 0 Å². The zero-order valence-electron chi connectivity index (χ0n) is 10.9. The van der Waals surface area contributed by atoms with E-state index in [2.05, 4.69) is 4.74 Å². The van der Waals surface area contributed by atoms with Crippen molar-refractivity contribution in [3.63, 3.8) is 0 Å². The van der Waals surface area contributed by atoms with E-state index >= 15 is 0 Å². The van der Waals surface area contributed by atoms with E-state index in [4.69, 9.17) is 0 Å². The number of esters is 1. The standard InChI is InChI=1S/C11H13N3O5S/c1-7(15)20-6-12-10(17)13-5-3-4-8(9(16)19-2)14(13)11(12)18/h3-4,8H,5-6H2,1-2H3. The molecule has 20 heavy (non-hydrogen) atoms. The Kier molecular flexibility index (Phi) is 3.98. The maximum Gasteiger partial charge on any atom is 0.349 e. The minimum Gasteiger partial charge on any atom is -0.467 e. The van der Waals surface area contributed by atoms with Crippen LogP contribution >= 0.6 is 11.8 Å². The topological polar surface area (TPSA) is 92.3 Å². The minimum atomic E-state index is -0.961. The Morgan fingerprint density at radius 3 is 2.70 bits per heavy atom. The third-order valence-electron chi connectivity index (χ3n) is 2.84. The Morgan fingerprint density at radius 2 is 2.10 bits per heavy atom. The van der Waals surface area contributed by atoms with Crippen LogP contribution < -0.4 is 11.4 Å². The minimum absolute atomic E-state index is 0.0755. The van der Waals surface area contributed by atoms with Gasteiger partial charge in [0.15, 0.2) is 11.2 Å². The molecule has 9 heteroatoms. The summed E-state index contributed by atoms with van der Waals surface area (Å²) in [4.78, 5) is 46.9. The summed E-state index contributed by atoms with van der Waals surface area (Å²) < 4.78 is 7.75. The second-order valence-electron chi connectivity index (χ2n) is 4.08. The predicted molar refractivity (Wildman–Crippen MR) is 71.4 cm³/mol. The molecule has 0 bridgehead atoms. The molecule has 1 aromatic heterocycles. The van der Waals surface area contributed by atoms with Gasteiger partial charge in [-0.3, -0.25) is 4.79 Å². The number of hydrogen-bond acceptors (Lipinski definition) is 6. The smallest absolute Gasteiger partial charge is 0.349 e. The average molecular weight is 299 g/mol. The molecule has 0 spiro atoms. The normalized spacial score (nSPS) is 16.8. The molecular weight excluding hydrogens is 286 g/mol. The Morgan fingerprint density at radius 1 is 1.40 bits per heavy atom. The molecule has 1 aliphatic heterocycles. The summed E-state index contributed by atoms with van der Waals surface area (Å²) in [6, 6.07) is -0.961. The van der Waals surface area contributed by atoms with Crippen LogP contribution in [0.25, 0.3) is 0 Å². The first-order valence-electron chi connectivity index (χ1n) is 5.77. The van der Waals surface area contributed by atoms with Gasteiger partial charge in [-0.15, -0.1) is 0 Å². The third kappa shape index (κ3) is 2.36. The van der Waals surface area contributed by atoms with E-state index in [-0.39, 0.29) is 17.5 Å². The Balaban J connectivity index is 2.50. The van der Waals surface area contributed by atoms with Gasteiger partial charge in [0.25, 0.3) is 0 Å².